The van der Waals surface area contributed by atoms with E-state index in [4.69, 9.17) is 34.2 Å². The van der Waals surface area contributed by atoms with E-state index in [1.54, 1.807) is 82.6 Å². The highest BCUT2D eigenvalue weighted by molar-refractivity contribution is 6.30. The Balaban J connectivity index is 0.000000184. The summed E-state index contributed by atoms with van der Waals surface area (Å²) in [7, 11) is 0. The van der Waals surface area contributed by atoms with Crippen LogP contribution >= 0.6 is 35.6 Å². The molecular weight excluding hydrogens is 647 g/mol. The lowest BCUT2D eigenvalue weighted by Gasteiger charge is -2.16. The Morgan fingerprint density at radius 2 is 0.872 bits per heavy atom. The van der Waals surface area contributed by atoms with Crippen molar-refractivity contribution in [1.82, 2.24) is 28.9 Å². The average Bonchev–Trinajstić information content (AvgIpc) is 3.98. The fourth-order valence-corrected chi connectivity index (χ4v) is 5.93. The topological polar surface area (TPSA) is 42.1 Å². The molecule has 4 heterocycles. The normalized spacial score (nSPS) is 18.9. The molecule has 2 aliphatic rings. The third kappa shape index (κ3) is 8.19. The summed E-state index contributed by atoms with van der Waals surface area (Å²) in [5, 5.41) is 1.05. The maximum Gasteiger partial charge on any atom is 0.124 e. The molecule has 47 heavy (non-hydrogen) atoms. The minimum atomic E-state index is -1.98. The summed E-state index contributed by atoms with van der Waals surface area (Å²) in [6.07, 6.45) is 3.74. The van der Waals surface area contributed by atoms with Crippen LogP contribution in [0, 0.1) is 0 Å². The molecule has 2 saturated heterocycles. The van der Waals surface area contributed by atoms with Gasteiger partial charge in [-0.3, -0.25) is 9.80 Å². The molecular formula is C38H41Cl3N6. The molecule has 6 aromatic rings. The number of halogens is 3. The molecule has 0 atom stereocenters. The zero-order chi connectivity index (χ0) is 38.5. The van der Waals surface area contributed by atoms with Crippen molar-refractivity contribution in [3.05, 3.63) is 130 Å². The first-order valence-corrected chi connectivity index (χ1v) is 16.4. The van der Waals surface area contributed by atoms with E-state index in [0.29, 0.717) is 69.4 Å². The molecule has 244 valence electrons. The van der Waals surface area contributed by atoms with E-state index in [1.165, 1.54) is 9.13 Å². The zero-order valence-electron chi connectivity index (χ0n) is 33.7. The van der Waals surface area contributed by atoms with E-state index in [0.717, 1.165) is 25.7 Å². The molecule has 4 aromatic carbocycles. The molecule has 0 unspecified atom stereocenters. The van der Waals surface area contributed by atoms with Gasteiger partial charge >= 0.3 is 0 Å². The highest BCUT2D eigenvalue weighted by atomic mass is 35.5. The van der Waals surface area contributed by atoms with E-state index in [1.807, 2.05) is 24.3 Å². The number of hydrogen-bond donors (Lipinski definition) is 0. The summed E-state index contributed by atoms with van der Waals surface area (Å²) in [5.74, 6) is 0.177. The Bertz CT molecular complexity index is 2090. The van der Waals surface area contributed by atoms with Gasteiger partial charge in [0.05, 0.1) is 46.0 Å². The molecule has 0 amide bonds. The van der Waals surface area contributed by atoms with Crippen LogP contribution in [0.15, 0.2) is 97.1 Å². The minimum Gasteiger partial charge on any atom is -0.322 e. The molecule has 2 fully saturated rings. The second kappa shape index (κ2) is 15.7. The van der Waals surface area contributed by atoms with Crippen LogP contribution in [0.5, 0.6) is 0 Å². The van der Waals surface area contributed by atoms with Crippen molar-refractivity contribution in [3.63, 3.8) is 0 Å². The molecule has 6 nitrogen and oxygen atoms in total. The quantitative estimate of drug-likeness (QED) is 0.159. The Morgan fingerprint density at radius 1 is 0.511 bits per heavy atom. The molecule has 0 saturated carbocycles. The van der Waals surface area contributed by atoms with Gasteiger partial charge in [-0.1, -0.05) is 71.7 Å². The molecule has 0 spiro atoms. The minimum absolute atomic E-state index is 0. The highest BCUT2D eigenvalue weighted by Gasteiger charge is 2.19. The van der Waals surface area contributed by atoms with Crippen LogP contribution < -0.4 is 0 Å². The molecule has 0 aliphatic carbocycles. The number of fused-ring (bicyclic) bond motifs is 2. The number of nitrogens with zero attached hydrogens (tertiary/aromatic N) is 6. The van der Waals surface area contributed by atoms with Crippen LogP contribution in [0.3, 0.4) is 0 Å². The van der Waals surface area contributed by atoms with Gasteiger partial charge < -0.3 is 9.13 Å². The predicted octanol–water partition coefficient (Wildman–Crippen LogP) is 9.09. The van der Waals surface area contributed by atoms with Crippen molar-refractivity contribution in [2.24, 2.45) is 0 Å². The van der Waals surface area contributed by atoms with Crippen LogP contribution in [-0.2, 0) is 26.0 Å². The predicted molar refractivity (Wildman–Crippen MR) is 197 cm³/mol. The van der Waals surface area contributed by atoms with Gasteiger partial charge in [0, 0.05) is 23.0 Å². The second-order valence-corrected chi connectivity index (χ2v) is 12.2. The van der Waals surface area contributed by atoms with Crippen molar-refractivity contribution in [3.8, 4) is 0 Å². The van der Waals surface area contributed by atoms with Crippen molar-refractivity contribution < 1.29 is 11.0 Å². The Labute approximate surface area is 304 Å². The van der Waals surface area contributed by atoms with Crippen LogP contribution in [-0.4, -0.2) is 55.1 Å². The third-order valence-corrected chi connectivity index (χ3v) is 8.52. The van der Waals surface area contributed by atoms with Gasteiger partial charge in [-0.25, -0.2) is 9.97 Å². The average molecular weight is 696 g/mol. The smallest absolute Gasteiger partial charge is 0.124 e. The Kier molecular flexibility index (Phi) is 8.24. The number of imidazole rings is 2. The molecule has 2 aliphatic heterocycles. The molecule has 0 bridgehead atoms. The van der Waals surface area contributed by atoms with Crippen LogP contribution in [0.2, 0.25) is 10.0 Å². The maximum absolute atomic E-state index is 8.83. The van der Waals surface area contributed by atoms with Crippen LogP contribution in [0.25, 0.3) is 22.1 Å². The number of aromatic nitrogens is 4. The molecule has 2 aromatic heterocycles. The van der Waals surface area contributed by atoms with E-state index < -0.39 is 26.0 Å². The summed E-state index contributed by atoms with van der Waals surface area (Å²) in [6.45, 7) is -5.14. The second-order valence-electron chi connectivity index (χ2n) is 11.4. The summed E-state index contributed by atoms with van der Waals surface area (Å²) in [5.41, 5.74) is 3.08. The van der Waals surface area contributed by atoms with Crippen molar-refractivity contribution in [2.45, 2.75) is 51.7 Å². The number of para-hydroxylation sites is 4. The Morgan fingerprint density at radius 3 is 1.26 bits per heavy atom. The number of rotatable bonds is 8. The lowest BCUT2D eigenvalue weighted by atomic mass is 10.2. The molecule has 0 N–H and O–H groups in total. The molecule has 9 heteroatoms. The fraction of sp³-hybridized carbons (Fsp3) is 0.316. The number of likely N-dealkylation sites (tertiary alicyclic amines) is 2. The van der Waals surface area contributed by atoms with Gasteiger partial charge in [-0.15, -0.1) is 12.4 Å². The zero-order valence-corrected chi connectivity index (χ0v) is 28.1. The van der Waals surface area contributed by atoms with E-state index in [2.05, 4.69) is 9.97 Å². The first kappa shape index (κ1) is 24.7. The van der Waals surface area contributed by atoms with E-state index in [9.17, 15) is 0 Å². The summed E-state index contributed by atoms with van der Waals surface area (Å²) in [4.78, 5) is 12.5. The van der Waals surface area contributed by atoms with Gasteiger partial charge in [0.15, 0.2) is 0 Å². The lowest BCUT2D eigenvalue weighted by Crippen LogP contribution is -2.21. The van der Waals surface area contributed by atoms with Crippen LogP contribution in [0.4, 0.5) is 0 Å². The molecule has 0 radical (unpaired) electrons. The Hall–Kier alpha value is -3.39. The van der Waals surface area contributed by atoms with Gasteiger partial charge in [-0.2, -0.15) is 0 Å². The standard InChI is InChI=1S/2C19H20ClN3.ClH/c2*20-16-9-7-15(8-10-16)13-23-18-6-2-1-5-17(18)21-19(23)14-22-11-3-4-12-22;/h2*1-2,5-10H,3-4,11-14H2;1H/i2*13D2,14D2;. The van der Waals surface area contributed by atoms with Crippen molar-refractivity contribution in [1.29, 1.82) is 0 Å². The van der Waals surface area contributed by atoms with Gasteiger partial charge in [-0.05, 0) is 112 Å². The molecule has 8 rings (SSSR count). The fourth-order valence-electron chi connectivity index (χ4n) is 5.68. The largest absolute Gasteiger partial charge is 0.322 e. The van der Waals surface area contributed by atoms with Gasteiger partial charge in [0.2, 0.25) is 0 Å². The lowest BCUT2D eigenvalue weighted by molar-refractivity contribution is 0.318. The van der Waals surface area contributed by atoms with E-state index >= 15 is 0 Å². The number of hydrogen-bond acceptors (Lipinski definition) is 4. The van der Waals surface area contributed by atoms with Gasteiger partial charge in [0.1, 0.15) is 11.6 Å². The summed E-state index contributed by atoms with van der Waals surface area (Å²) >= 11 is 11.9. The van der Waals surface area contributed by atoms with Crippen LogP contribution in [0.1, 0.15) is 59.4 Å². The monoisotopic (exact) mass is 694 g/mol. The third-order valence-electron chi connectivity index (χ3n) is 8.02. The maximum atomic E-state index is 8.83. The summed E-state index contributed by atoms with van der Waals surface area (Å²) in [6, 6.07) is 27.5. The highest BCUT2D eigenvalue weighted by Crippen LogP contribution is 2.23. The first-order valence-electron chi connectivity index (χ1n) is 19.6. The number of benzene rings is 4. The van der Waals surface area contributed by atoms with Gasteiger partial charge in [0.25, 0.3) is 0 Å². The van der Waals surface area contributed by atoms with Crippen molar-refractivity contribution in [2.75, 3.05) is 26.2 Å². The SMILES string of the molecule is Cl.[2H]C([2H])(c1nc2ccccc2n1C([2H])([2H])c1ccc(Cl)cc1)N1CCCC1.[2H]C([2H])(c1nc2ccccc2n1C([2H])([2H])c1ccc(Cl)cc1)N1CCCC1. The first-order chi connectivity index (χ1) is 25.6. The van der Waals surface area contributed by atoms with Crippen molar-refractivity contribution >= 4 is 57.7 Å². The summed E-state index contributed by atoms with van der Waals surface area (Å²) < 4.78 is 73.1. The van der Waals surface area contributed by atoms with E-state index in [-0.39, 0.29) is 24.1 Å².